The van der Waals surface area contributed by atoms with Gasteiger partial charge in [-0.15, -0.1) is 0 Å². The van der Waals surface area contributed by atoms with E-state index in [4.69, 9.17) is 16.3 Å². The Morgan fingerprint density at radius 2 is 1.90 bits per heavy atom. The summed E-state index contributed by atoms with van der Waals surface area (Å²) in [5.41, 5.74) is 3.24. The summed E-state index contributed by atoms with van der Waals surface area (Å²) in [5, 5.41) is 5.13. The van der Waals surface area contributed by atoms with E-state index in [-0.39, 0.29) is 5.82 Å². The van der Waals surface area contributed by atoms with Crippen LogP contribution in [-0.4, -0.2) is 22.7 Å². The molecule has 0 aliphatic carbocycles. The van der Waals surface area contributed by atoms with Gasteiger partial charge in [0.1, 0.15) is 5.82 Å². The molecule has 4 nitrogen and oxygen atoms in total. The fraction of sp³-hybridized carbons (Fsp3) is 0.208. The predicted molar refractivity (Wildman–Crippen MR) is 119 cm³/mol. The van der Waals surface area contributed by atoms with E-state index in [1.165, 1.54) is 23.1 Å². The third-order valence-electron chi connectivity index (χ3n) is 4.93. The Bertz CT molecular complexity index is 1110. The summed E-state index contributed by atoms with van der Waals surface area (Å²) in [7, 11) is 0. The summed E-state index contributed by atoms with van der Waals surface area (Å²) in [6.07, 6.45) is 4.75. The number of nitrogens with zero attached hydrogens (tertiary/aromatic N) is 2. The highest BCUT2D eigenvalue weighted by atomic mass is 35.5. The van der Waals surface area contributed by atoms with E-state index >= 15 is 0 Å². The summed E-state index contributed by atoms with van der Waals surface area (Å²) >= 11 is 6.23. The molecule has 4 aromatic rings. The number of nitrogens with one attached hydrogen (secondary N) is 1. The maximum absolute atomic E-state index is 13.4. The van der Waals surface area contributed by atoms with Gasteiger partial charge in [-0.1, -0.05) is 41.9 Å². The number of hydrogen-bond acceptors (Lipinski definition) is 3. The first-order valence-corrected chi connectivity index (χ1v) is 10.3. The van der Waals surface area contributed by atoms with E-state index in [1.54, 1.807) is 12.3 Å². The second kappa shape index (κ2) is 9.74. The quantitative estimate of drug-likeness (QED) is 0.364. The molecule has 0 bridgehead atoms. The molecular weight excluding hydrogens is 401 g/mol. The Kier molecular flexibility index (Phi) is 6.62. The van der Waals surface area contributed by atoms with E-state index in [1.807, 2.05) is 30.3 Å². The molecule has 30 heavy (non-hydrogen) atoms. The molecule has 0 atom stereocenters. The Morgan fingerprint density at radius 1 is 1.03 bits per heavy atom. The fourth-order valence-corrected chi connectivity index (χ4v) is 3.68. The number of ether oxygens (including phenoxy) is 1. The van der Waals surface area contributed by atoms with Crippen molar-refractivity contribution in [2.75, 3.05) is 13.2 Å². The van der Waals surface area contributed by atoms with Crippen LogP contribution in [0.3, 0.4) is 0 Å². The number of benzene rings is 2. The molecule has 0 radical (unpaired) electrons. The van der Waals surface area contributed by atoms with Gasteiger partial charge >= 0.3 is 0 Å². The minimum Gasteiger partial charge on any atom is -0.478 e. The van der Waals surface area contributed by atoms with E-state index in [2.05, 4.69) is 33.2 Å². The molecule has 4 rings (SSSR count). The maximum atomic E-state index is 13.4. The largest absolute Gasteiger partial charge is 0.478 e. The average Bonchev–Trinajstić information content (AvgIpc) is 3.11. The van der Waals surface area contributed by atoms with Gasteiger partial charge in [0.15, 0.2) is 0 Å². The lowest BCUT2D eigenvalue weighted by molar-refractivity contribution is 0.296. The first-order chi connectivity index (χ1) is 14.7. The lowest BCUT2D eigenvalue weighted by Crippen LogP contribution is -2.17. The topological polar surface area (TPSA) is 39.1 Å². The van der Waals surface area contributed by atoms with Crippen LogP contribution in [-0.2, 0) is 13.1 Å². The molecule has 0 saturated heterocycles. The van der Waals surface area contributed by atoms with Gasteiger partial charge in [-0.05, 0) is 48.4 Å². The second-order valence-electron chi connectivity index (χ2n) is 7.08. The van der Waals surface area contributed by atoms with Crippen LogP contribution in [0.1, 0.15) is 17.5 Å². The van der Waals surface area contributed by atoms with Crippen LogP contribution < -0.4 is 10.1 Å². The molecule has 0 saturated carbocycles. The van der Waals surface area contributed by atoms with E-state index < -0.39 is 0 Å². The van der Waals surface area contributed by atoms with Gasteiger partial charge in [0.2, 0.25) is 5.88 Å². The molecular formula is C24H23ClFN3O. The molecule has 0 fully saturated rings. The number of fused-ring (bicyclic) bond motifs is 1. The molecule has 2 aromatic carbocycles. The molecule has 2 heterocycles. The highest BCUT2D eigenvalue weighted by Crippen LogP contribution is 2.25. The zero-order chi connectivity index (χ0) is 20.8. The first kappa shape index (κ1) is 20.4. The molecule has 0 amide bonds. The van der Waals surface area contributed by atoms with Gasteiger partial charge in [0, 0.05) is 47.5 Å². The Balaban J connectivity index is 1.37. The fourth-order valence-electron chi connectivity index (χ4n) is 3.46. The van der Waals surface area contributed by atoms with Crippen LogP contribution in [0, 0.1) is 5.82 Å². The number of para-hydroxylation sites is 1. The third-order valence-corrected chi connectivity index (χ3v) is 5.28. The van der Waals surface area contributed by atoms with Gasteiger partial charge in [-0.25, -0.2) is 9.37 Å². The second-order valence-corrected chi connectivity index (χ2v) is 7.49. The first-order valence-electron chi connectivity index (χ1n) is 9.96. The van der Waals surface area contributed by atoms with Crippen molar-refractivity contribution < 1.29 is 9.13 Å². The SMILES string of the molecule is Fc1ccc(Cn2cc(CNCCCOc3ccccn3)c3ccccc32)c(Cl)c1. The van der Waals surface area contributed by atoms with Crippen molar-refractivity contribution in [1.82, 2.24) is 14.9 Å². The molecule has 1 N–H and O–H groups in total. The third kappa shape index (κ3) is 4.99. The zero-order valence-electron chi connectivity index (χ0n) is 16.5. The molecule has 0 unspecified atom stereocenters. The lowest BCUT2D eigenvalue weighted by atomic mass is 10.2. The van der Waals surface area contributed by atoms with Gasteiger partial charge in [0.05, 0.1) is 6.61 Å². The zero-order valence-corrected chi connectivity index (χ0v) is 17.3. The summed E-state index contributed by atoms with van der Waals surface area (Å²) in [4.78, 5) is 4.15. The monoisotopic (exact) mass is 423 g/mol. The highest BCUT2D eigenvalue weighted by molar-refractivity contribution is 6.31. The van der Waals surface area contributed by atoms with Crippen LogP contribution in [0.15, 0.2) is 73.1 Å². The summed E-state index contributed by atoms with van der Waals surface area (Å²) in [6.45, 7) is 2.82. The Labute approximate surface area is 180 Å². The number of hydrogen-bond donors (Lipinski definition) is 1. The van der Waals surface area contributed by atoms with Crippen molar-refractivity contribution in [3.05, 3.63) is 95.0 Å². The minimum atomic E-state index is -0.321. The summed E-state index contributed by atoms with van der Waals surface area (Å²) in [5.74, 6) is 0.332. The van der Waals surface area contributed by atoms with Gasteiger partial charge in [-0.2, -0.15) is 0 Å². The van der Waals surface area contributed by atoms with Crippen molar-refractivity contribution in [3.8, 4) is 5.88 Å². The van der Waals surface area contributed by atoms with Crippen LogP contribution in [0.2, 0.25) is 5.02 Å². The van der Waals surface area contributed by atoms with Crippen LogP contribution in [0.5, 0.6) is 5.88 Å². The van der Waals surface area contributed by atoms with Crippen molar-refractivity contribution in [2.24, 2.45) is 0 Å². The highest BCUT2D eigenvalue weighted by Gasteiger charge is 2.10. The van der Waals surface area contributed by atoms with Crippen molar-refractivity contribution in [3.63, 3.8) is 0 Å². The molecule has 0 aliphatic heterocycles. The number of rotatable bonds is 9. The van der Waals surface area contributed by atoms with E-state index in [0.717, 1.165) is 30.6 Å². The van der Waals surface area contributed by atoms with Gasteiger partial charge < -0.3 is 14.6 Å². The van der Waals surface area contributed by atoms with E-state index in [9.17, 15) is 4.39 Å². The summed E-state index contributed by atoms with van der Waals surface area (Å²) < 4.78 is 21.1. The van der Waals surface area contributed by atoms with E-state index in [0.29, 0.717) is 24.1 Å². The molecule has 6 heteroatoms. The number of halogens is 2. The Hall–Kier alpha value is -2.89. The predicted octanol–water partition coefficient (Wildman–Crippen LogP) is 5.44. The normalized spacial score (nSPS) is 11.1. The molecule has 0 spiro atoms. The standard InChI is InChI=1S/C24H23ClFN3O/c25-22-14-20(26)10-9-18(22)16-29-17-19(21-6-1-2-7-23(21)29)15-27-11-5-13-30-24-8-3-4-12-28-24/h1-4,6-10,12,14,17,27H,5,11,13,15-16H2. The number of aromatic nitrogens is 2. The maximum Gasteiger partial charge on any atom is 0.213 e. The molecule has 0 aliphatic rings. The Morgan fingerprint density at radius 3 is 2.73 bits per heavy atom. The number of pyridine rings is 1. The molecule has 154 valence electrons. The minimum absolute atomic E-state index is 0.321. The van der Waals surface area contributed by atoms with Crippen LogP contribution in [0.4, 0.5) is 4.39 Å². The van der Waals surface area contributed by atoms with Crippen molar-refractivity contribution in [1.29, 1.82) is 0 Å². The lowest BCUT2D eigenvalue weighted by Gasteiger charge is -2.07. The van der Waals surface area contributed by atoms with Gasteiger partial charge in [0.25, 0.3) is 0 Å². The van der Waals surface area contributed by atoms with Crippen LogP contribution in [0.25, 0.3) is 10.9 Å². The smallest absolute Gasteiger partial charge is 0.213 e. The van der Waals surface area contributed by atoms with Gasteiger partial charge in [-0.3, -0.25) is 0 Å². The van der Waals surface area contributed by atoms with Crippen molar-refractivity contribution in [2.45, 2.75) is 19.5 Å². The molecule has 2 aromatic heterocycles. The van der Waals surface area contributed by atoms with Crippen LogP contribution >= 0.6 is 11.6 Å². The van der Waals surface area contributed by atoms with Crippen molar-refractivity contribution >= 4 is 22.5 Å². The average molecular weight is 424 g/mol. The summed E-state index contributed by atoms with van der Waals surface area (Å²) in [6, 6.07) is 18.5.